The van der Waals surface area contributed by atoms with Crippen molar-refractivity contribution in [3.63, 3.8) is 0 Å². The predicted molar refractivity (Wildman–Crippen MR) is 60.4 cm³/mol. The maximum atomic E-state index is 12.8. The second kappa shape index (κ2) is 3.52. The smallest absolute Gasteiger partial charge is 0.338 e. The monoisotopic (exact) mass is 291 g/mol. The Hall–Kier alpha value is -0.970. The first-order valence-electron chi connectivity index (χ1n) is 4.64. The van der Waals surface area contributed by atoms with Crippen molar-refractivity contribution in [2.24, 2.45) is 7.05 Å². The first-order chi connectivity index (χ1) is 7.34. The summed E-state index contributed by atoms with van der Waals surface area (Å²) in [5.74, 6) is 0. The number of rotatable bonds is 0. The van der Waals surface area contributed by atoms with E-state index in [0.29, 0.717) is 9.99 Å². The third kappa shape index (κ3) is 1.54. The van der Waals surface area contributed by atoms with Crippen LogP contribution in [0.15, 0.2) is 22.8 Å². The van der Waals surface area contributed by atoms with Gasteiger partial charge >= 0.3 is 6.18 Å². The van der Waals surface area contributed by atoms with Gasteiger partial charge in [0.15, 0.2) is 0 Å². The number of halogens is 4. The molecule has 0 spiro atoms. The molecule has 0 unspecified atom stereocenters. The highest BCUT2D eigenvalue weighted by Gasteiger charge is 2.34. The minimum atomic E-state index is -4.32. The first kappa shape index (κ1) is 11.5. The molecule has 5 heteroatoms. The predicted octanol–water partition coefficient (Wildman–Crippen LogP) is 4.27. The Bertz CT molecular complexity index is 554. The van der Waals surface area contributed by atoms with Crippen molar-refractivity contribution in [2.45, 2.75) is 13.1 Å². The molecule has 2 aromatic rings. The van der Waals surface area contributed by atoms with Gasteiger partial charge in [-0.2, -0.15) is 13.2 Å². The van der Waals surface area contributed by atoms with Crippen LogP contribution in [-0.4, -0.2) is 4.57 Å². The molecule has 1 aromatic heterocycles. The van der Waals surface area contributed by atoms with Crippen molar-refractivity contribution >= 4 is 26.8 Å². The largest absolute Gasteiger partial charge is 0.418 e. The van der Waals surface area contributed by atoms with Crippen molar-refractivity contribution < 1.29 is 13.2 Å². The molecule has 0 saturated heterocycles. The fourth-order valence-electron chi connectivity index (χ4n) is 1.90. The lowest BCUT2D eigenvalue weighted by atomic mass is 10.1. The molecule has 0 amide bonds. The van der Waals surface area contributed by atoms with E-state index in [1.54, 1.807) is 20.0 Å². The minimum Gasteiger partial charge on any atom is -0.338 e. The third-order valence-electron chi connectivity index (χ3n) is 2.68. The van der Waals surface area contributed by atoms with E-state index in [4.69, 9.17) is 0 Å². The van der Waals surface area contributed by atoms with Gasteiger partial charge in [-0.15, -0.1) is 0 Å². The molecule has 0 saturated carbocycles. The van der Waals surface area contributed by atoms with Gasteiger partial charge in [0.25, 0.3) is 0 Å². The summed E-state index contributed by atoms with van der Waals surface area (Å²) in [6.07, 6.45) is -4.32. The Morgan fingerprint density at radius 2 is 1.88 bits per heavy atom. The van der Waals surface area contributed by atoms with Crippen molar-refractivity contribution in [1.82, 2.24) is 4.57 Å². The van der Waals surface area contributed by atoms with Gasteiger partial charge in [0.2, 0.25) is 0 Å². The van der Waals surface area contributed by atoms with Crippen LogP contribution in [0.25, 0.3) is 10.9 Å². The molecule has 0 aliphatic rings. The second-order valence-electron chi connectivity index (χ2n) is 3.67. The number of nitrogens with zero attached hydrogens (tertiary/aromatic N) is 1. The molecular weight excluding hydrogens is 283 g/mol. The highest BCUT2D eigenvalue weighted by Crippen LogP contribution is 2.38. The lowest BCUT2D eigenvalue weighted by Gasteiger charge is -2.09. The second-order valence-corrected chi connectivity index (χ2v) is 4.43. The summed E-state index contributed by atoms with van der Waals surface area (Å²) in [6, 6.07) is 4.24. The average molecular weight is 292 g/mol. The fraction of sp³-hybridized carbons (Fsp3) is 0.273. The van der Waals surface area contributed by atoms with Crippen LogP contribution in [0.1, 0.15) is 11.1 Å². The maximum Gasteiger partial charge on any atom is 0.418 e. The van der Waals surface area contributed by atoms with Crippen molar-refractivity contribution in [3.05, 3.63) is 33.9 Å². The molecular formula is C11H9BrF3N. The van der Waals surface area contributed by atoms with Crippen molar-refractivity contribution in [2.75, 3.05) is 0 Å². The van der Waals surface area contributed by atoms with Crippen LogP contribution >= 0.6 is 15.9 Å². The van der Waals surface area contributed by atoms with E-state index in [0.717, 1.165) is 11.6 Å². The normalized spacial score (nSPS) is 12.4. The van der Waals surface area contributed by atoms with Crippen LogP contribution in [0.5, 0.6) is 0 Å². The lowest BCUT2D eigenvalue weighted by molar-refractivity contribution is -0.136. The van der Waals surface area contributed by atoms with E-state index in [2.05, 4.69) is 15.9 Å². The highest BCUT2D eigenvalue weighted by atomic mass is 79.9. The molecule has 86 valence electrons. The van der Waals surface area contributed by atoms with E-state index >= 15 is 0 Å². The van der Waals surface area contributed by atoms with Gasteiger partial charge < -0.3 is 4.57 Å². The standard InChI is InChI=1S/C11H9BrF3N/c1-6-7-4-3-5-8(11(13,14)15)9(7)16(2)10(6)12/h3-5H,1-2H3. The van der Waals surface area contributed by atoms with E-state index in [1.165, 1.54) is 10.6 Å². The number of alkyl halides is 3. The third-order valence-corrected chi connectivity index (χ3v) is 3.81. The van der Waals surface area contributed by atoms with Crippen molar-refractivity contribution in [1.29, 1.82) is 0 Å². The van der Waals surface area contributed by atoms with Gasteiger partial charge in [-0.1, -0.05) is 12.1 Å². The number of hydrogen-bond donors (Lipinski definition) is 0. The zero-order chi connectivity index (χ0) is 12.1. The molecule has 0 aliphatic heterocycles. The Labute approximate surface area is 99.0 Å². The lowest BCUT2D eigenvalue weighted by Crippen LogP contribution is -2.07. The van der Waals surface area contributed by atoms with E-state index in [9.17, 15) is 13.2 Å². The van der Waals surface area contributed by atoms with Gasteiger partial charge in [0.1, 0.15) is 0 Å². The van der Waals surface area contributed by atoms with Gasteiger partial charge in [-0.3, -0.25) is 0 Å². The number of aryl methyl sites for hydroxylation is 2. The molecule has 0 N–H and O–H groups in total. The van der Waals surface area contributed by atoms with Crippen LogP contribution in [0.3, 0.4) is 0 Å². The maximum absolute atomic E-state index is 12.8. The van der Waals surface area contributed by atoms with E-state index < -0.39 is 11.7 Å². The zero-order valence-electron chi connectivity index (χ0n) is 8.69. The summed E-state index contributed by atoms with van der Waals surface area (Å²) in [6.45, 7) is 1.80. The molecule has 0 bridgehead atoms. The molecule has 2 rings (SSSR count). The number of para-hydroxylation sites is 1. The molecule has 16 heavy (non-hydrogen) atoms. The van der Waals surface area contributed by atoms with Gasteiger partial charge in [0, 0.05) is 12.4 Å². The van der Waals surface area contributed by atoms with E-state index in [-0.39, 0.29) is 5.52 Å². The minimum absolute atomic E-state index is 0.222. The summed E-state index contributed by atoms with van der Waals surface area (Å²) in [5.41, 5.74) is 0.448. The van der Waals surface area contributed by atoms with Crippen LogP contribution in [-0.2, 0) is 13.2 Å². The quantitative estimate of drug-likeness (QED) is 0.683. The van der Waals surface area contributed by atoms with Crippen LogP contribution in [0.2, 0.25) is 0 Å². The van der Waals surface area contributed by atoms with Gasteiger partial charge in [0.05, 0.1) is 15.7 Å². The average Bonchev–Trinajstić information content (AvgIpc) is 2.43. The topological polar surface area (TPSA) is 4.93 Å². The Kier molecular flexibility index (Phi) is 2.53. The SMILES string of the molecule is Cc1c(Br)n(C)c2c(C(F)(F)F)cccc12. The number of hydrogen-bond acceptors (Lipinski definition) is 0. The zero-order valence-corrected chi connectivity index (χ0v) is 10.3. The molecule has 0 atom stereocenters. The summed E-state index contributed by atoms with van der Waals surface area (Å²) < 4.78 is 40.6. The van der Waals surface area contributed by atoms with Crippen LogP contribution in [0.4, 0.5) is 13.2 Å². The number of benzene rings is 1. The molecule has 1 aromatic carbocycles. The van der Waals surface area contributed by atoms with E-state index in [1.807, 2.05) is 0 Å². The first-order valence-corrected chi connectivity index (χ1v) is 5.44. The summed E-state index contributed by atoms with van der Waals surface area (Å²) in [5, 5.41) is 0.629. The molecule has 0 radical (unpaired) electrons. The highest BCUT2D eigenvalue weighted by molar-refractivity contribution is 9.10. The summed E-state index contributed by atoms with van der Waals surface area (Å²) >= 11 is 3.29. The summed E-state index contributed by atoms with van der Waals surface area (Å²) in [4.78, 5) is 0. The van der Waals surface area contributed by atoms with Crippen LogP contribution in [0, 0.1) is 6.92 Å². The molecule has 1 heterocycles. The number of fused-ring (bicyclic) bond motifs is 1. The fourth-order valence-corrected chi connectivity index (χ4v) is 2.29. The summed E-state index contributed by atoms with van der Waals surface area (Å²) in [7, 11) is 1.62. The Balaban J connectivity index is 2.93. The van der Waals surface area contributed by atoms with Gasteiger partial charge in [-0.05, 0) is 34.5 Å². The molecule has 1 nitrogen and oxygen atoms in total. The Morgan fingerprint density at radius 1 is 1.25 bits per heavy atom. The van der Waals surface area contributed by atoms with Crippen LogP contribution < -0.4 is 0 Å². The number of aromatic nitrogens is 1. The van der Waals surface area contributed by atoms with Crippen molar-refractivity contribution in [3.8, 4) is 0 Å². The molecule has 0 fully saturated rings. The van der Waals surface area contributed by atoms with Gasteiger partial charge in [-0.25, -0.2) is 0 Å². The Morgan fingerprint density at radius 3 is 2.44 bits per heavy atom. The molecule has 0 aliphatic carbocycles.